The molecule has 0 aromatic heterocycles. The minimum Gasteiger partial charge on any atom is -0.312 e. The maximum atomic E-state index is 13.7. The summed E-state index contributed by atoms with van der Waals surface area (Å²) in [6.07, 6.45) is 0. The number of sulfonamides is 1. The Morgan fingerprint density at radius 3 is 2.74 bits per heavy atom. The van der Waals surface area contributed by atoms with Crippen LogP contribution in [0.5, 0.6) is 0 Å². The van der Waals surface area contributed by atoms with Gasteiger partial charge in [-0.2, -0.15) is 4.31 Å². The molecule has 1 aromatic carbocycles. The Balaban J connectivity index is 0.00000180. The molecule has 1 aliphatic rings. The van der Waals surface area contributed by atoms with Crippen molar-refractivity contribution in [3.63, 3.8) is 0 Å². The third kappa shape index (κ3) is 3.45. The molecule has 1 atom stereocenters. The Morgan fingerprint density at radius 2 is 2.11 bits per heavy atom. The highest BCUT2D eigenvalue weighted by atomic mass is 35.5. The zero-order valence-corrected chi connectivity index (χ0v) is 12.5. The third-order valence-corrected chi connectivity index (χ3v) is 4.92. The first-order valence-corrected chi connectivity index (χ1v) is 7.35. The van der Waals surface area contributed by atoms with Gasteiger partial charge < -0.3 is 5.32 Å². The third-order valence-electron chi connectivity index (χ3n) is 3.04. The molecule has 1 heterocycles. The number of benzene rings is 1. The lowest BCUT2D eigenvalue weighted by Crippen LogP contribution is -2.51. The summed E-state index contributed by atoms with van der Waals surface area (Å²) >= 11 is 0. The van der Waals surface area contributed by atoms with Gasteiger partial charge in [-0.3, -0.25) is 0 Å². The molecule has 1 aromatic rings. The average Bonchev–Trinajstić information content (AvgIpc) is 2.32. The molecule has 0 spiro atoms. The fourth-order valence-electron chi connectivity index (χ4n) is 2.06. The normalized spacial score (nSPS) is 20.9. The molecule has 4 nitrogen and oxygen atoms in total. The smallest absolute Gasteiger partial charge is 0.246 e. The summed E-state index contributed by atoms with van der Waals surface area (Å²) in [4.78, 5) is -0.225. The molecule has 1 aliphatic heterocycles. The van der Waals surface area contributed by atoms with Gasteiger partial charge in [0.25, 0.3) is 0 Å². The molecule has 1 N–H and O–H groups in total. The number of nitrogens with zero attached hydrogens (tertiary/aromatic N) is 1. The van der Waals surface area contributed by atoms with Crippen LogP contribution in [0.15, 0.2) is 23.1 Å². The molecule has 0 aliphatic carbocycles. The van der Waals surface area contributed by atoms with Crippen molar-refractivity contribution in [2.75, 3.05) is 19.6 Å². The molecular weight excluding hydrogens is 291 g/mol. The van der Waals surface area contributed by atoms with Gasteiger partial charge in [0.1, 0.15) is 10.7 Å². The number of aryl methyl sites for hydroxylation is 1. The number of rotatable bonds is 2. The first kappa shape index (κ1) is 16.4. The van der Waals surface area contributed by atoms with Gasteiger partial charge >= 0.3 is 0 Å². The summed E-state index contributed by atoms with van der Waals surface area (Å²) in [6, 6.07) is 4.24. The van der Waals surface area contributed by atoms with Crippen LogP contribution in [0.2, 0.25) is 0 Å². The number of halogens is 2. The van der Waals surface area contributed by atoms with E-state index >= 15 is 0 Å². The van der Waals surface area contributed by atoms with Crippen LogP contribution in [0.25, 0.3) is 0 Å². The molecular formula is C12H18ClFN2O2S. The van der Waals surface area contributed by atoms with Gasteiger partial charge in [-0.25, -0.2) is 12.8 Å². The van der Waals surface area contributed by atoms with E-state index in [9.17, 15) is 12.8 Å². The lowest BCUT2D eigenvalue weighted by atomic mass is 10.2. The Bertz CT molecular complexity index is 551. The molecule has 1 fully saturated rings. The van der Waals surface area contributed by atoms with E-state index in [0.29, 0.717) is 19.6 Å². The first-order valence-electron chi connectivity index (χ1n) is 5.91. The first-order chi connectivity index (χ1) is 8.41. The van der Waals surface area contributed by atoms with Crippen LogP contribution in [0.4, 0.5) is 4.39 Å². The van der Waals surface area contributed by atoms with Crippen molar-refractivity contribution < 1.29 is 12.8 Å². The summed E-state index contributed by atoms with van der Waals surface area (Å²) in [5.74, 6) is -0.688. The second-order valence-electron chi connectivity index (χ2n) is 4.65. The van der Waals surface area contributed by atoms with Crippen LogP contribution in [0, 0.1) is 12.7 Å². The summed E-state index contributed by atoms with van der Waals surface area (Å²) in [7, 11) is -3.73. The molecule has 108 valence electrons. The van der Waals surface area contributed by atoms with Crippen molar-refractivity contribution in [2.45, 2.75) is 24.8 Å². The van der Waals surface area contributed by atoms with E-state index in [2.05, 4.69) is 5.32 Å². The lowest BCUT2D eigenvalue weighted by Gasteiger charge is -2.31. The van der Waals surface area contributed by atoms with E-state index in [4.69, 9.17) is 0 Å². The van der Waals surface area contributed by atoms with Crippen molar-refractivity contribution in [1.82, 2.24) is 9.62 Å². The van der Waals surface area contributed by atoms with Crippen molar-refractivity contribution in [3.8, 4) is 0 Å². The van der Waals surface area contributed by atoms with Crippen molar-refractivity contribution in [3.05, 3.63) is 29.6 Å². The number of nitrogens with one attached hydrogen (secondary N) is 1. The van der Waals surface area contributed by atoms with Crippen molar-refractivity contribution >= 4 is 22.4 Å². The highest BCUT2D eigenvalue weighted by Crippen LogP contribution is 2.21. The molecule has 2 rings (SSSR count). The minimum atomic E-state index is -3.73. The Hall–Kier alpha value is -0.690. The number of piperazine rings is 1. The topological polar surface area (TPSA) is 49.4 Å². The maximum absolute atomic E-state index is 13.7. The van der Waals surface area contributed by atoms with Crippen LogP contribution < -0.4 is 5.32 Å². The zero-order chi connectivity index (χ0) is 13.3. The predicted molar refractivity (Wildman–Crippen MR) is 74.6 cm³/mol. The molecule has 1 saturated heterocycles. The van der Waals surface area contributed by atoms with Crippen LogP contribution >= 0.6 is 12.4 Å². The predicted octanol–water partition coefficient (Wildman–Crippen LogP) is 1.54. The molecule has 0 saturated carbocycles. The highest BCUT2D eigenvalue weighted by Gasteiger charge is 2.30. The van der Waals surface area contributed by atoms with E-state index in [1.54, 1.807) is 13.0 Å². The highest BCUT2D eigenvalue weighted by molar-refractivity contribution is 7.89. The molecule has 1 unspecified atom stereocenters. The zero-order valence-electron chi connectivity index (χ0n) is 10.9. The van der Waals surface area contributed by atoms with Gasteiger partial charge in [-0.05, 0) is 31.5 Å². The van der Waals surface area contributed by atoms with Crippen molar-refractivity contribution in [2.24, 2.45) is 0 Å². The van der Waals surface area contributed by atoms with Gasteiger partial charge in [0.05, 0.1) is 0 Å². The van der Waals surface area contributed by atoms with Gasteiger partial charge in [0.15, 0.2) is 0 Å². The van der Waals surface area contributed by atoms with Crippen LogP contribution in [0.3, 0.4) is 0 Å². The summed E-state index contributed by atoms with van der Waals surface area (Å²) in [6.45, 7) is 5.00. The van der Waals surface area contributed by atoms with Crippen LogP contribution in [0.1, 0.15) is 12.5 Å². The molecule has 7 heteroatoms. The SMILES string of the molecule is Cc1ccc(F)c(S(=O)(=O)N2CCNC(C)C2)c1.Cl. The summed E-state index contributed by atoms with van der Waals surface area (Å²) in [5, 5.41) is 3.16. The number of hydrogen-bond donors (Lipinski definition) is 1. The van der Waals surface area contributed by atoms with Gasteiger partial charge in [-0.1, -0.05) is 6.07 Å². The van der Waals surface area contributed by atoms with E-state index in [1.165, 1.54) is 16.4 Å². The van der Waals surface area contributed by atoms with E-state index < -0.39 is 15.8 Å². The van der Waals surface area contributed by atoms with Gasteiger partial charge in [0.2, 0.25) is 10.0 Å². The molecule has 0 radical (unpaired) electrons. The fourth-order valence-corrected chi connectivity index (χ4v) is 3.74. The van der Waals surface area contributed by atoms with E-state index in [1.807, 2.05) is 6.92 Å². The van der Waals surface area contributed by atoms with E-state index in [0.717, 1.165) is 5.56 Å². The summed E-state index contributed by atoms with van der Waals surface area (Å²) < 4.78 is 39.8. The Kier molecular flexibility index (Phi) is 5.32. The maximum Gasteiger partial charge on any atom is 0.246 e. The number of hydrogen-bond acceptors (Lipinski definition) is 3. The minimum absolute atomic E-state index is 0. The van der Waals surface area contributed by atoms with Crippen LogP contribution in [-0.4, -0.2) is 38.4 Å². The van der Waals surface area contributed by atoms with E-state index in [-0.39, 0.29) is 23.3 Å². The molecule has 0 amide bonds. The Labute approximate surface area is 119 Å². The fraction of sp³-hybridized carbons (Fsp3) is 0.500. The Morgan fingerprint density at radius 1 is 1.42 bits per heavy atom. The molecule has 19 heavy (non-hydrogen) atoms. The summed E-state index contributed by atoms with van der Waals surface area (Å²) in [5.41, 5.74) is 0.734. The second kappa shape index (κ2) is 6.17. The lowest BCUT2D eigenvalue weighted by molar-refractivity contribution is 0.309. The van der Waals surface area contributed by atoms with Gasteiger partial charge in [-0.15, -0.1) is 12.4 Å². The standard InChI is InChI=1S/C12H17FN2O2S.ClH/c1-9-3-4-11(13)12(7-9)18(16,17)15-6-5-14-10(2)8-15;/h3-4,7,10,14H,5-6,8H2,1-2H3;1H. The largest absolute Gasteiger partial charge is 0.312 e. The van der Waals surface area contributed by atoms with Crippen molar-refractivity contribution in [1.29, 1.82) is 0 Å². The monoisotopic (exact) mass is 308 g/mol. The van der Waals surface area contributed by atoms with Gasteiger partial charge in [0, 0.05) is 25.7 Å². The molecule has 0 bridgehead atoms. The van der Waals surface area contributed by atoms with Crippen LogP contribution in [-0.2, 0) is 10.0 Å². The average molecular weight is 309 g/mol. The quantitative estimate of drug-likeness (QED) is 0.901. The second-order valence-corrected chi connectivity index (χ2v) is 6.56.